The maximum absolute atomic E-state index is 5.80. The van der Waals surface area contributed by atoms with Gasteiger partial charge < -0.3 is 10.5 Å². The van der Waals surface area contributed by atoms with E-state index in [1.807, 2.05) is 26.0 Å². The van der Waals surface area contributed by atoms with Crippen LogP contribution in [0.4, 0.5) is 0 Å². The Morgan fingerprint density at radius 1 is 1.44 bits per heavy atom. The van der Waals surface area contributed by atoms with Crippen LogP contribution in [0.25, 0.3) is 0 Å². The first kappa shape index (κ1) is 13.0. The van der Waals surface area contributed by atoms with E-state index in [-0.39, 0.29) is 6.04 Å². The zero-order valence-electron chi connectivity index (χ0n) is 10.5. The molecule has 2 N–H and O–H groups in total. The third kappa shape index (κ3) is 4.19. The predicted octanol–water partition coefficient (Wildman–Crippen LogP) is 2.46. The highest BCUT2D eigenvalue weighted by atomic mass is 16.5. The molecule has 0 saturated heterocycles. The quantitative estimate of drug-likeness (QED) is 0.752. The van der Waals surface area contributed by atoms with Crippen molar-refractivity contribution in [2.75, 3.05) is 6.61 Å². The topological polar surface area (TPSA) is 48.1 Å². The van der Waals surface area contributed by atoms with E-state index in [1.54, 1.807) is 0 Å². The van der Waals surface area contributed by atoms with Crippen molar-refractivity contribution in [3.63, 3.8) is 0 Å². The summed E-state index contributed by atoms with van der Waals surface area (Å²) in [6.45, 7) is 6.88. The molecular weight excluding hydrogens is 200 g/mol. The van der Waals surface area contributed by atoms with Crippen molar-refractivity contribution in [2.45, 2.75) is 46.1 Å². The first-order valence-corrected chi connectivity index (χ1v) is 5.98. The monoisotopic (exact) mass is 222 g/mol. The smallest absolute Gasteiger partial charge is 0.140 e. The zero-order valence-corrected chi connectivity index (χ0v) is 10.5. The van der Waals surface area contributed by atoms with Crippen LogP contribution in [-0.4, -0.2) is 17.6 Å². The molecular formula is C13H22N2O. The maximum Gasteiger partial charge on any atom is 0.140 e. The summed E-state index contributed by atoms with van der Waals surface area (Å²) in [7, 11) is 0. The molecule has 16 heavy (non-hydrogen) atoms. The summed E-state index contributed by atoms with van der Waals surface area (Å²) in [6, 6.07) is 4.09. The highest BCUT2D eigenvalue weighted by Gasteiger charge is 2.08. The number of nitrogens with two attached hydrogens (primary N) is 1. The molecule has 0 aliphatic heterocycles. The number of rotatable bonds is 6. The Labute approximate surface area is 98.0 Å². The van der Waals surface area contributed by atoms with Crippen molar-refractivity contribution in [3.05, 3.63) is 23.5 Å². The van der Waals surface area contributed by atoms with Gasteiger partial charge in [0.25, 0.3) is 0 Å². The van der Waals surface area contributed by atoms with Crippen molar-refractivity contribution >= 4 is 0 Å². The predicted molar refractivity (Wildman–Crippen MR) is 66.7 cm³/mol. The average molecular weight is 222 g/mol. The third-order valence-electron chi connectivity index (χ3n) is 2.34. The van der Waals surface area contributed by atoms with Gasteiger partial charge >= 0.3 is 0 Å². The van der Waals surface area contributed by atoms with Crippen LogP contribution in [0.3, 0.4) is 0 Å². The number of pyridine rings is 1. The van der Waals surface area contributed by atoms with Crippen LogP contribution in [0.1, 0.15) is 38.1 Å². The highest BCUT2D eigenvalue weighted by Crippen LogP contribution is 2.18. The minimum atomic E-state index is 0.114. The van der Waals surface area contributed by atoms with E-state index in [0.29, 0.717) is 0 Å². The molecule has 1 atom stereocenters. The van der Waals surface area contributed by atoms with Crippen molar-refractivity contribution in [1.29, 1.82) is 0 Å². The van der Waals surface area contributed by atoms with Gasteiger partial charge in [-0.3, -0.25) is 4.98 Å². The van der Waals surface area contributed by atoms with Crippen molar-refractivity contribution in [2.24, 2.45) is 5.73 Å². The van der Waals surface area contributed by atoms with Gasteiger partial charge in [-0.1, -0.05) is 13.3 Å². The molecule has 1 rings (SSSR count). The lowest BCUT2D eigenvalue weighted by atomic mass is 10.1. The summed E-state index contributed by atoms with van der Waals surface area (Å²) in [5, 5.41) is 0. The second kappa shape index (κ2) is 6.48. The number of unbranched alkanes of at least 4 members (excludes halogenated alkanes) is 1. The molecule has 0 spiro atoms. The van der Waals surface area contributed by atoms with E-state index in [2.05, 4.69) is 11.9 Å². The summed E-state index contributed by atoms with van der Waals surface area (Å²) < 4.78 is 5.72. The number of aromatic nitrogens is 1. The second-order valence-electron chi connectivity index (χ2n) is 4.28. The fourth-order valence-electron chi connectivity index (χ4n) is 1.51. The van der Waals surface area contributed by atoms with E-state index < -0.39 is 0 Å². The SMILES string of the molecule is CCCCOc1ccc(C)nc1CC(C)N. The molecule has 0 radical (unpaired) electrons. The molecule has 3 heteroatoms. The first-order valence-electron chi connectivity index (χ1n) is 5.98. The van der Waals surface area contributed by atoms with Gasteiger partial charge in [0.15, 0.2) is 0 Å². The Balaban J connectivity index is 2.72. The largest absolute Gasteiger partial charge is 0.492 e. The highest BCUT2D eigenvalue weighted by molar-refractivity contribution is 5.29. The number of nitrogens with zero attached hydrogens (tertiary/aromatic N) is 1. The van der Waals surface area contributed by atoms with Gasteiger partial charge in [-0.05, 0) is 32.4 Å². The summed E-state index contributed by atoms with van der Waals surface area (Å²) in [6.07, 6.45) is 2.98. The average Bonchev–Trinajstić information content (AvgIpc) is 2.20. The summed E-state index contributed by atoms with van der Waals surface area (Å²) in [4.78, 5) is 4.49. The van der Waals surface area contributed by atoms with Gasteiger partial charge in [0.1, 0.15) is 5.75 Å². The molecule has 0 aromatic carbocycles. The molecule has 0 amide bonds. The van der Waals surface area contributed by atoms with E-state index in [4.69, 9.17) is 10.5 Å². The Bertz CT molecular complexity index is 324. The van der Waals surface area contributed by atoms with Gasteiger partial charge in [0, 0.05) is 18.2 Å². The number of ether oxygens (including phenoxy) is 1. The third-order valence-corrected chi connectivity index (χ3v) is 2.34. The summed E-state index contributed by atoms with van der Waals surface area (Å²) in [5.74, 6) is 0.886. The first-order chi connectivity index (χ1) is 7.63. The minimum Gasteiger partial charge on any atom is -0.492 e. The Morgan fingerprint density at radius 3 is 2.81 bits per heavy atom. The Kier molecular flexibility index (Phi) is 5.26. The Hall–Kier alpha value is -1.09. The van der Waals surface area contributed by atoms with Crippen molar-refractivity contribution < 1.29 is 4.74 Å². The van der Waals surface area contributed by atoms with Crippen LogP contribution in [0, 0.1) is 6.92 Å². The minimum absolute atomic E-state index is 0.114. The second-order valence-corrected chi connectivity index (χ2v) is 4.28. The molecule has 0 fully saturated rings. The van der Waals surface area contributed by atoms with E-state index in [1.165, 1.54) is 0 Å². The van der Waals surface area contributed by atoms with Crippen molar-refractivity contribution in [3.8, 4) is 5.75 Å². The molecule has 0 bridgehead atoms. The normalized spacial score (nSPS) is 12.5. The lowest BCUT2D eigenvalue weighted by Gasteiger charge is -2.12. The molecule has 1 unspecified atom stereocenters. The summed E-state index contributed by atoms with van der Waals surface area (Å²) >= 11 is 0. The number of aryl methyl sites for hydroxylation is 1. The lowest BCUT2D eigenvalue weighted by Crippen LogP contribution is -2.19. The molecule has 90 valence electrons. The maximum atomic E-state index is 5.80. The molecule has 0 aliphatic carbocycles. The standard InChI is InChI=1S/C13H22N2O/c1-4-5-8-16-13-7-6-11(3)15-12(13)9-10(2)14/h6-7,10H,4-5,8-9,14H2,1-3H3. The molecule has 0 saturated carbocycles. The fourth-order valence-corrected chi connectivity index (χ4v) is 1.51. The molecule has 1 heterocycles. The van der Waals surface area contributed by atoms with Crippen LogP contribution in [-0.2, 0) is 6.42 Å². The van der Waals surface area contributed by atoms with Crippen molar-refractivity contribution in [1.82, 2.24) is 4.98 Å². The van der Waals surface area contributed by atoms with E-state index >= 15 is 0 Å². The van der Waals surface area contributed by atoms with Crippen LogP contribution in [0.15, 0.2) is 12.1 Å². The zero-order chi connectivity index (χ0) is 12.0. The van der Waals surface area contributed by atoms with Crippen LogP contribution >= 0.6 is 0 Å². The Morgan fingerprint density at radius 2 is 2.19 bits per heavy atom. The van der Waals surface area contributed by atoms with Gasteiger partial charge in [-0.15, -0.1) is 0 Å². The molecule has 3 nitrogen and oxygen atoms in total. The van der Waals surface area contributed by atoms with Gasteiger partial charge in [0.2, 0.25) is 0 Å². The fraction of sp³-hybridized carbons (Fsp3) is 0.615. The van der Waals surface area contributed by atoms with Gasteiger partial charge in [-0.2, -0.15) is 0 Å². The lowest BCUT2D eigenvalue weighted by molar-refractivity contribution is 0.304. The number of hydrogen-bond acceptors (Lipinski definition) is 3. The van der Waals surface area contributed by atoms with Crippen LogP contribution < -0.4 is 10.5 Å². The number of hydrogen-bond donors (Lipinski definition) is 1. The van der Waals surface area contributed by atoms with E-state index in [0.717, 1.165) is 43.0 Å². The molecule has 1 aromatic rings. The molecule has 1 aromatic heterocycles. The van der Waals surface area contributed by atoms with Crippen LogP contribution in [0.2, 0.25) is 0 Å². The van der Waals surface area contributed by atoms with Gasteiger partial charge in [-0.25, -0.2) is 0 Å². The summed E-state index contributed by atoms with van der Waals surface area (Å²) in [5.41, 5.74) is 7.79. The van der Waals surface area contributed by atoms with Gasteiger partial charge in [0.05, 0.1) is 12.3 Å². The molecule has 0 aliphatic rings. The van der Waals surface area contributed by atoms with Crippen LogP contribution in [0.5, 0.6) is 5.75 Å². The van der Waals surface area contributed by atoms with E-state index in [9.17, 15) is 0 Å².